The summed E-state index contributed by atoms with van der Waals surface area (Å²) in [6.45, 7) is 0. The van der Waals surface area contributed by atoms with Crippen LogP contribution in [0.4, 0.5) is 0 Å². The molecule has 3 N–H and O–H groups in total. The van der Waals surface area contributed by atoms with E-state index >= 15 is 0 Å². The first kappa shape index (κ1) is 10.6. The molecule has 1 aliphatic rings. The number of aromatic hydroxyl groups is 1. The molecule has 0 radical (unpaired) electrons. The molecular formula is C11H14ClNO2. The van der Waals surface area contributed by atoms with Crippen LogP contribution in [0.1, 0.15) is 24.8 Å². The Bertz CT molecular complexity index is 388. The SMILES string of the molecule is COc1cc(C2(N)CCC2)c(O)cc1Cl. The fourth-order valence-electron chi connectivity index (χ4n) is 1.93. The van der Waals surface area contributed by atoms with Crippen LogP contribution >= 0.6 is 11.6 Å². The van der Waals surface area contributed by atoms with Crippen LogP contribution in [-0.2, 0) is 5.54 Å². The van der Waals surface area contributed by atoms with E-state index in [1.165, 1.54) is 6.07 Å². The lowest BCUT2D eigenvalue weighted by atomic mass is 9.72. The number of nitrogens with two attached hydrogens (primary N) is 1. The van der Waals surface area contributed by atoms with E-state index in [0.717, 1.165) is 24.8 Å². The van der Waals surface area contributed by atoms with Gasteiger partial charge in [-0.15, -0.1) is 0 Å². The minimum Gasteiger partial charge on any atom is -0.508 e. The Labute approximate surface area is 93.8 Å². The van der Waals surface area contributed by atoms with Gasteiger partial charge in [0, 0.05) is 17.2 Å². The number of benzene rings is 1. The lowest BCUT2D eigenvalue weighted by Crippen LogP contribution is -2.43. The topological polar surface area (TPSA) is 55.5 Å². The van der Waals surface area contributed by atoms with Crippen LogP contribution in [0, 0.1) is 0 Å². The molecule has 0 amide bonds. The lowest BCUT2D eigenvalue weighted by Gasteiger charge is -2.39. The van der Waals surface area contributed by atoms with Gasteiger partial charge in [0.05, 0.1) is 12.1 Å². The van der Waals surface area contributed by atoms with E-state index < -0.39 is 5.54 Å². The molecule has 0 spiro atoms. The van der Waals surface area contributed by atoms with Crippen molar-refractivity contribution in [3.63, 3.8) is 0 Å². The van der Waals surface area contributed by atoms with Gasteiger partial charge in [0.2, 0.25) is 0 Å². The molecule has 1 aliphatic carbocycles. The molecule has 0 aliphatic heterocycles. The van der Waals surface area contributed by atoms with Crippen LogP contribution in [0.5, 0.6) is 11.5 Å². The number of hydrogen-bond acceptors (Lipinski definition) is 3. The van der Waals surface area contributed by atoms with Gasteiger partial charge in [0.25, 0.3) is 0 Å². The first-order valence-corrected chi connectivity index (χ1v) is 5.30. The summed E-state index contributed by atoms with van der Waals surface area (Å²) in [4.78, 5) is 0. The van der Waals surface area contributed by atoms with Gasteiger partial charge >= 0.3 is 0 Å². The summed E-state index contributed by atoms with van der Waals surface area (Å²) in [6, 6.07) is 3.22. The second kappa shape index (κ2) is 3.58. The number of halogens is 1. The van der Waals surface area contributed by atoms with Crippen LogP contribution < -0.4 is 10.5 Å². The van der Waals surface area contributed by atoms with Gasteiger partial charge < -0.3 is 15.6 Å². The standard InChI is InChI=1S/C11H14ClNO2/c1-15-10-5-7(9(14)6-8(10)12)11(13)3-2-4-11/h5-6,14H,2-4,13H2,1H3. The third-order valence-corrected chi connectivity index (χ3v) is 3.35. The fraction of sp³-hybridized carbons (Fsp3) is 0.455. The maximum absolute atomic E-state index is 9.79. The highest BCUT2D eigenvalue weighted by Crippen LogP contribution is 2.45. The third-order valence-electron chi connectivity index (χ3n) is 3.05. The van der Waals surface area contributed by atoms with Gasteiger partial charge in [0.1, 0.15) is 11.5 Å². The normalized spacial score (nSPS) is 18.3. The molecule has 0 unspecified atom stereocenters. The molecule has 2 rings (SSSR count). The van der Waals surface area contributed by atoms with Crippen molar-refractivity contribution in [2.24, 2.45) is 5.73 Å². The minimum atomic E-state index is -0.401. The van der Waals surface area contributed by atoms with Crippen LogP contribution in [0.3, 0.4) is 0 Å². The molecule has 82 valence electrons. The van der Waals surface area contributed by atoms with Crippen molar-refractivity contribution in [2.45, 2.75) is 24.8 Å². The highest BCUT2D eigenvalue weighted by molar-refractivity contribution is 6.32. The van der Waals surface area contributed by atoms with E-state index in [-0.39, 0.29) is 5.75 Å². The number of phenols is 1. The van der Waals surface area contributed by atoms with Crippen molar-refractivity contribution in [3.05, 3.63) is 22.7 Å². The van der Waals surface area contributed by atoms with E-state index in [9.17, 15) is 5.11 Å². The summed E-state index contributed by atoms with van der Waals surface area (Å²) in [6.07, 6.45) is 2.89. The third kappa shape index (κ3) is 1.66. The Morgan fingerprint density at radius 1 is 1.47 bits per heavy atom. The highest BCUT2D eigenvalue weighted by Gasteiger charge is 2.37. The van der Waals surface area contributed by atoms with Gasteiger partial charge in [0.15, 0.2) is 0 Å². The Morgan fingerprint density at radius 3 is 2.60 bits per heavy atom. The minimum absolute atomic E-state index is 0.156. The van der Waals surface area contributed by atoms with E-state index in [1.54, 1.807) is 13.2 Å². The van der Waals surface area contributed by atoms with E-state index in [2.05, 4.69) is 0 Å². The van der Waals surface area contributed by atoms with Gasteiger partial charge in [-0.3, -0.25) is 0 Å². The average molecular weight is 228 g/mol. The Kier molecular flexibility index (Phi) is 2.52. The second-order valence-electron chi connectivity index (χ2n) is 4.01. The summed E-state index contributed by atoms with van der Waals surface area (Å²) in [5, 5.41) is 10.2. The quantitative estimate of drug-likeness (QED) is 0.816. The first-order valence-electron chi connectivity index (χ1n) is 4.93. The molecule has 4 heteroatoms. The molecule has 0 bridgehead atoms. The Balaban J connectivity index is 2.47. The zero-order valence-electron chi connectivity index (χ0n) is 8.59. The molecule has 15 heavy (non-hydrogen) atoms. The molecule has 1 aromatic carbocycles. The van der Waals surface area contributed by atoms with Crippen molar-refractivity contribution in [1.29, 1.82) is 0 Å². The average Bonchev–Trinajstić information content (AvgIpc) is 2.15. The summed E-state index contributed by atoms with van der Waals surface area (Å²) >= 11 is 5.89. The molecule has 1 saturated carbocycles. The molecule has 0 heterocycles. The van der Waals surface area contributed by atoms with Crippen molar-refractivity contribution >= 4 is 11.6 Å². The molecule has 1 fully saturated rings. The zero-order chi connectivity index (χ0) is 11.1. The summed E-state index contributed by atoms with van der Waals surface area (Å²) in [5.41, 5.74) is 6.47. The van der Waals surface area contributed by atoms with Gasteiger partial charge in [-0.05, 0) is 25.3 Å². The number of ether oxygens (including phenoxy) is 1. The van der Waals surface area contributed by atoms with Crippen LogP contribution in [0.15, 0.2) is 12.1 Å². The van der Waals surface area contributed by atoms with Gasteiger partial charge in [-0.25, -0.2) is 0 Å². The van der Waals surface area contributed by atoms with Crippen LogP contribution in [0.25, 0.3) is 0 Å². The molecule has 0 aromatic heterocycles. The number of rotatable bonds is 2. The zero-order valence-corrected chi connectivity index (χ0v) is 9.34. The van der Waals surface area contributed by atoms with Crippen molar-refractivity contribution < 1.29 is 9.84 Å². The van der Waals surface area contributed by atoms with Crippen molar-refractivity contribution in [3.8, 4) is 11.5 Å². The molecule has 0 atom stereocenters. The smallest absolute Gasteiger partial charge is 0.138 e. The monoisotopic (exact) mass is 227 g/mol. The Hall–Kier alpha value is -0.930. The molecule has 3 nitrogen and oxygen atoms in total. The number of methoxy groups -OCH3 is 1. The largest absolute Gasteiger partial charge is 0.508 e. The Morgan fingerprint density at radius 2 is 2.13 bits per heavy atom. The summed E-state index contributed by atoms with van der Waals surface area (Å²) < 4.78 is 5.11. The molecule has 1 aromatic rings. The van der Waals surface area contributed by atoms with E-state index in [1.807, 2.05) is 0 Å². The van der Waals surface area contributed by atoms with E-state index in [4.69, 9.17) is 22.1 Å². The maximum Gasteiger partial charge on any atom is 0.138 e. The number of hydrogen-bond donors (Lipinski definition) is 2. The van der Waals surface area contributed by atoms with Crippen molar-refractivity contribution in [1.82, 2.24) is 0 Å². The van der Waals surface area contributed by atoms with Crippen molar-refractivity contribution in [2.75, 3.05) is 7.11 Å². The first-order chi connectivity index (χ1) is 7.07. The highest BCUT2D eigenvalue weighted by atomic mass is 35.5. The maximum atomic E-state index is 9.79. The van der Waals surface area contributed by atoms with Crippen LogP contribution in [-0.4, -0.2) is 12.2 Å². The van der Waals surface area contributed by atoms with Gasteiger partial charge in [-0.2, -0.15) is 0 Å². The summed E-state index contributed by atoms with van der Waals surface area (Å²) in [7, 11) is 1.55. The lowest BCUT2D eigenvalue weighted by molar-refractivity contribution is 0.244. The number of phenolic OH excluding ortho intramolecular Hbond substituents is 1. The predicted octanol–water partition coefficient (Wildman–Crippen LogP) is 2.39. The predicted molar refractivity (Wildman–Crippen MR) is 59.4 cm³/mol. The van der Waals surface area contributed by atoms with Crippen LogP contribution in [0.2, 0.25) is 5.02 Å². The second-order valence-corrected chi connectivity index (χ2v) is 4.42. The molecular weight excluding hydrogens is 214 g/mol. The van der Waals surface area contributed by atoms with E-state index in [0.29, 0.717) is 10.8 Å². The summed E-state index contributed by atoms with van der Waals surface area (Å²) in [5.74, 6) is 0.712. The fourth-order valence-corrected chi connectivity index (χ4v) is 2.16. The molecule has 0 saturated heterocycles. The van der Waals surface area contributed by atoms with Gasteiger partial charge in [-0.1, -0.05) is 11.6 Å².